The van der Waals surface area contributed by atoms with Gasteiger partial charge in [-0.2, -0.15) is 5.10 Å². The second-order valence-corrected chi connectivity index (χ2v) is 8.69. The largest absolute Gasteiger partial charge is 0.467 e. The number of nitrogens with zero attached hydrogens (tertiary/aromatic N) is 2. The highest BCUT2D eigenvalue weighted by Gasteiger charge is 2.45. The first-order valence-electron chi connectivity index (χ1n) is 10.2. The van der Waals surface area contributed by atoms with Crippen LogP contribution in [0.4, 0.5) is 0 Å². The molecule has 3 heterocycles. The van der Waals surface area contributed by atoms with Gasteiger partial charge in [-0.05, 0) is 75.9 Å². The van der Waals surface area contributed by atoms with Crippen LogP contribution in [0.5, 0.6) is 0 Å². The Labute approximate surface area is 175 Å². The molecule has 2 aliphatic rings. The monoisotopic (exact) mass is 410 g/mol. The Bertz CT molecular complexity index is 964. The van der Waals surface area contributed by atoms with Gasteiger partial charge >= 0.3 is 5.97 Å². The van der Waals surface area contributed by atoms with Crippen LogP contribution in [-0.4, -0.2) is 29.2 Å². The molecule has 1 fully saturated rings. The van der Waals surface area contributed by atoms with E-state index in [0.717, 1.165) is 36.3 Å². The Balaban J connectivity index is 1.62. The van der Waals surface area contributed by atoms with Crippen molar-refractivity contribution in [2.24, 2.45) is 16.4 Å². The molecule has 2 aromatic rings. The summed E-state index contributed by atoms with van der Waals surface area (Å²) in [7, 11) is 0. The minimum atomic E-state index is -0.676. The van der Waals surface area contributed by atoms with E-state index in [1.165, 1.54) is 5.01 Å². The Morgan fingerprint density at radius 3 is 2.67 bits per heavy atom. The normalized spacial score (nSPS) is 22.7. The highest BCUT2D eigenvalue weighted by atomic mass is 16.5. The molecule has 0 N–H and O–H groups in total. The van der Waals surface area contributed by atoms with Crippen LogP contribution in [0.1, 0.15) is 57.6 Å². The van der Waals surface area contributed by atoms with Crippen molar-refractivity contribution in [3.63, 3.8) is 0 Å². The molecule has 0 aromatic carbocycles. The van der Waals surface area contributed by atoms with E-state index >= 15 is 0 Å². The quantitative estimate of drug-likeness (QED) is 0.689. The van der Waals surface area contributed by atoms with E-state index in [9.17, 15) is 9.59 Å². The topological polar surface area (TPSA) is 85.3 Å². The predicted octanol–water partition coefficient (Wildman–Crippen LogP) is 4.58. The molecule has 1 saturated carbocycles. The van der Waals surface area contributed by atoms with Crippen molar-refractivity contribution < 1.29 is 23.2 Å². The van der Waals surface area contributed by atoms with E-state index < -0.39 is 11.4 Å². The highest BCUT2D eigenvalue weighted by Crippen LogP contribution is 2.44. The number of furan rings is 2. The summed E-state index contributed by atoms with van der Waals surface area (Å²) in [6.45, 7) is 4.90. The second kappa shape index (κ2) is 7.97. The molecule has 7 nitrogen and oxygen atoms in total. The summed E-state index contributed by atoms with van der Waals surface area (Å²) < 4.78 is 16.4. The minimum Gasteiger partial charge on any atom is -0.467 e. The van der Waals surface area contributed by atoms with Gasteiger partial charge in [-0.15, -0.1) is 0 Å². The summed E-state index contributed by atoms with van der Waals surface area (Å²) in [4.78, 5) is 25.1. The summed E-state index contributed by atoms with van der Waals surface area (Å²) >= 11 is 0. The summed E-state index contributed by atoms with van der Waals surface area (Å²) in [5.74, 6) is 0.662. The highest BCUT2D eigenvalue weighted by molar-refractivity contribution is 6.08. The van der Waals surface area contributed by atoms with Crippen LogP contribution < -0.4 is 0 Å². The van der Waals surface area contributed by atoms with Crippen LogP contribution in [0, 0.1) is 11.3 Å². The number of ether oxygens (including phenoxy) is 1. The molecule has 0 saturated heterocycles. The molecule has 2 aromatic heterocycles. The fraction of sp³-hybridized carbons (Fsp3) is 0.435. The SMILES string of the molecule is CC(C)(C)C(=O)OCC(=O)N1N=C2C(=Cc3ccco3)CCCC2C1c1ccco1. The lowest BCUT2D eigenvalue weighted by atomic mass is 9.79. The lowest BCUT2D eigenvalue weighted by molar-refractivity contribution is -0.159. The van der Waals surface area contributed by atoms with Gasteiger partial charge in [0.05, 0.1) is 23.7 Å². The van der Waals surface area contributed by atoms with Crippen molar-refractivity contribution >= 4 is 23.7 Å². The number of allylic oxidation sites excluding steroid dienone is 1. The first-order chi connectivity index (χ1) is 14.3. The van der Waals surface area contributed by atoms with E-state index in [4.69, 9.17) is 13.6 Å². The number of carbonyl (C=O) groups excluding carboxylic acids is 2. The lowest BCUT2D eigenvalue weighted by Gasteiger charge is -2.27. The third-order valence-corrected chi connectivity index (χ3v) is 5.39. The Morgan fingerprint density at radius 1 is 1.23 bits per heavy atom. The molecule has 1 aliphatic carbocycles. The van der Waals surface area contributed by atoms with E-state index in [-0.39, 0.29) is 24.5 Å². The third kappa shape index (κ3) is 3.97. The average Bonchev–Trinajstić information content (AvgIpc) is 3.45. The third-order valence-electron chi connectivity index (χ3n) is 5.39. The van der Waals surface area contributed by atoms with Crippen molar-refractivity contribution in [2.45, 2.75) is 46.1 Å². The van der Waals surface area contributed by atoms with E-state index in [1.807, 2.05) is 24.3 Å². The molecular weight excluding hydrogens is 384 g/mol. The molecule has 0 bridgehead atoms. The summed E-state index contributed by atoms with van der Waals surface area (Å²) in [6.07, 6.45) is 7.95. The van der Waals surface area contributed by atoms with Crippen LogP contribution in [0.25, 0.3) is 6.08 Å². The summed E-state index contributed by atoms with van der Waals surface area (Å²) in [6, 6.07) is 7.04. The number of hydrogen-bond acceptors (Lipinski definition) is 6. The smallest absolute Gasteiger partial charge is 0.311 e. The predicted molar refractivity (Wildman–Crippen MR) is 110 cm³/mol. The maximum atomic E-state index is 13.0. The van der Waals surface area contributed by atoms with Gasteiger partial charge in [-0.25, -0.2) is 5.01 Å². The standard InChI is InChI=1S/C23H26N2O5/c1-23(2,3)22(27)30-14-19(26)25-21(18-10-6-12-29-18)17-9-4-7-15(20(17)24-25)13-16-8-5-11-28-16/h5-6,8,10-13,17,21H,4,7,9,14H2,1-3H3. The van der Waals surface area contributed by atoms with Crippen LogP contribution in [0.15, 0.2) is 56.3 Å². The van der Waals surface area contributed by atoms with Gasteiger partial charge in [0.25, 0.3) is 5.91 Å². The number of hydrazone groups is 1. The van der Waals surface area contributed by atoms with Gasteiger partial charge in [0, 0.05) is 5.92 Å². The van der Waals surface area contributed by atoms with E-state index in [1.54, 1.807) is 39.4 Å². The first kappa shape index (κ1) is 20.2. The van der Waals surface area contributed by atoms with Gasteiger partial charge in [0.2, 0.25) is 0 Å². The van der Waals surface area contributed by atoms with Gasteiger partial charge in [-0.1, -0.05) is 0 Å². The van der Waals surface area contributed by atoms with Gasteiger partial charge in [0.15, 0.2) is 6.61 Å². The fourth-order valence-electron chi connectivity index (χ4n) is 3.90. The van der Waals surface area contributed by atoms with Crippen LogP contribution in [-0.2, 0) is 14.3 Å². The molecule has 0 radical (unpaired) electrons. The molecule has 158 valence electrons. The van der Waals surface area contributed by atoms with Crippen molar-refractivity contribution in [3.05, 3.63) is 53.9 Å². The lowest BCUT2D eigenvalue weighted by Crippen LogP contribution is -2.35. The van der Waals surface area contributed by atoms with Crippen LogP contribution in [0.2, 0.25) is 0 Å². The number of hydrogen-bond donors (Lipinski definition) is 0. The second-order valence-electron chi connectivity index (χ2n) is 8.69. The number of esters is 1. The Hall–Kier alpha value is -3.09. The maximum absolute atomic E-state index is 13.0. The maximum Gasteiger partial charge on any atom is 0.311 e. The van der Waals surface area contributed by atoms with Gasteiger partial charge < -0.3 is 13.6 Å². The molecular formula is C23H26N2O5. The molecule has 0 spiro atoms. The van der Waals surface area contributed by atoms with Crippen molar-refractivity contribution in [3.8, 4) is 0 Å². The van der Waals surface area contributed by atoms with Crippen LogP contribution in [0.3, 0.4) is 0 Å². The van der Waals surface area contributed by atoms with E-state index in [2.05, 4.69) is 5.10 Å². The number of fused-ring (bicyclic) bond motifs is 1. The zero-order valence-corrected chi connectivity index (χ0v) is 17.5. The number of amides is 1. The fourth-order valence-corrected chi connectivity index (χ4v) is 3.90. The summed E-state index contributed by atoms with van der Waals surface area (Å²) in [5.41, 5.74) is 1.25. The van der Waals surface area contributed by atoms with Gasteiger partial charge in [-0.3, -0.25) is 9.59 Å². The number of carbonyl (C=O) groups is 2. The van der Waals surface area contributed by atoms with Crippen molar-refractivity contribution in [1.29, 1.82) is 0 Å². The zero-order chi connectivity index (χ0) is 21.3. The molecule has 7 heteroatoms. The Kier molecular flexibility index (Phi) is 5.37. The number of rotatable bonds is 4. The zero-order valence-electron chi connectivity index (χ0n) is 17.5. The van der Waals surface area contributed by atoms with Crippen LogP contribution >= 0.6 is 0 Å². The van der Waals surface area contributed by atoms with E-state index in [0.29, 0.717) is 5.76 Å². The molecule has 30 heavy (non-hydrogen) atoms. The first-order valence-corrected chi connectivity index (χ1v) is 10.2. The molecule has 1 aliphatic heterocycles. The molecule has 1 amide bonds. The Morgan fingerprint density at radius 2 is 2.00 bits per heavy atom. The molecule has 4 rings (SSSR count). The average molecular weight is 410 g/mol. The minimum absolute atomic E-state index is 0.0216. The van der Waals surface area contributed by atoms with Crippen molar-refractivity contribution in [2.75, 3.05) is 6.61 Å². The van der Waals surface area contributed by atoms with Gasteiger partial charge in [0.1, 0.15) is 17.6 Å². The molecule has 2 atom stereocenters. The van der Waals surface area contributed by atoms with Crippen molar-refractivity contribution in [1.82, 2.24) is 5.01 Å². The molecule has 2 unspecified atom stereocenters. The summed E-state index contributed by atoms with van der Waals surface area (Å²) in [5, 5.41) is 6.12.